The number of hydrogen-bond acceptors (Lipinski definition) is 3. The Hall–Kier alpha value is -0.950. The maximum Gasteiger partial charge on any atom is 0.419 e. The summed E-state index contributed by atoms with van der Waals surface area (Å²) in [5.41, 5.74) is -1.16. The molecule has 1 aromatic rings. The Kier molecular flexibility index (Phi) is 3.93. The van der Waals surface area contributed by atoms with Gasteiger partial charge in [-0.2, -0.15) is 13.2 Å². The third-order valence-corrected chi connectivity index (χ3v) is 2.92. The van der Waals surface area contributed by atoms with Gasteiger partial charge < -0.3 is 4.74 Å². The molecule has 0 aliphatic heterocycles. The predicted molar refractivity (Wildman–Crippen MR) is 56.5 cm³/mol. The molecule has 3 nitrogen and oxygen atoms in total. The van der Waals surface area contributed by atoms with Gasteiger partial charge in [0.15, 0.2) is 0 Å². The molecule has 0 amide bonds. The first-order chi connectivity index (χ1) is 7.65. The monoisotopic (exact) mass is 288 g/mol. The number of para-hydroxylation sites is 1. The molecule has 0 heterocycles. The zero-order chi connectivity index (χ0) is 13.3. The zero-order valence-corrected chi connectivity index (χ0v) is 10.2. The topological polar surface area (TPSA) is 43.4 Å². The Morgan fingerprint density at radius 2 is 1.94 bits per heavy atom. The lowest BCUT2D eigenvalue weighted by Gasteiger charge is -2.14. The first kappa shape index (κ1) is 14.1. The molecule has 0 fully saturated rings. The molecule has 96 valence electrons. The second kappa shape index (κ2) is 4.73. The van der Waals surface area contributed by atoms with E-state index in [9.17, 15) is 21.6 Å². The maximum absolute atomic E-state index is 12.6. The average Bonchev–Trinajstić information content (AvgIpc) is 2.13. The molecule has 0 unspecified atom stereocenters. The van der Waals surface area contributed by atoms with Crippen LogP contribution in [0.4, 0.5) is 13.2 Å². The minimum absolute atomic E-state index is 0.127. The predicted octanol–water partition coefficient (Wildman–Crippen LogP) is 2.78. The molecule has 0 aromatic heterocycles. The molecule has 0 radical (unpaired) electrons. The number of hydrogen-bond donors (Lipinski definition) is 0. The molecule has 0 atom stereocenters. The van der Waals surface area contributed by atoms with E-state index in [1.165, 1.54) is 6.07 Å². The number of rotatable bonds is 3. The number of alkyl halides is 3. The first-order valence-corrected chi connectivity index (χ1v) is 6.78. The summed E-state index contributed by atoms with van der Waals surface area (Å²) >= 11 is 0. The highest BCUT2D eigenvalue weighted by atomic mass is 35.7. The normalized spacial score (nSPS) is 12.5. The molecule has 1 rings (SSSR count). The van der Waals surface area contributed by atoms with Crippen LogP contribution >= 0.6 is 10.7 Å². The van der Waals surface area contributed by atoms with Gasteiger partial charge in [0, 0.05) is 16.2 Å². The van der Waals surface area contributed by atoms with E-state index < -0.39 is 32.3 Å². The second-order valence-corrected chi connectivity index (χ2v) is 5.96. The van der Waals surface area contributed by atoms with E-state index >= 15 is 0 Å². The summed E-state index contributed by atoms with van der Waals surface area (Å²) in [6, 6.07) is 3.12. The van der Waals surface area contributed by atoms with E-state index in [2.05, 4.69) is 4.74 Å². The van der Waals surface area contributed by atoms with Crippen LogP contribution in [0.25, 0.3) is 0 Å². The van der Waals surface area contributed by atoms with E-state index in [-0.39, 0.29) is 5.56 Å². The summed E-state index contributed by atoms with van der Waals surface area (Å²) < 4.78 is 64.1. The van der Waals surface area contributed by atoms with E-state index in [1.807, 2.05) is 0 Å². The van der Waals surface area contributed by atoms with Crippen molar-refractivity contribution in [2.24, 2.45) is 0 Å². The fourth-order valence-corrected chi connectivity index (χ4v) is 2.30. The number of halogens is 4. The molecule has 0 N–H and O–H groups in total. The molecule has 1 aromatic carbocycles. The maximum atomic E-state index is 12.6. The minimum Gasteiger partial charge on any atom is -0.496 e. The Morgan fingerprint density at radius 1 is 1.35 bits per heavy atom. The lowest BCUT2D eigenvalue weighted by atomic mass is 10.1. The van der Waals surface area contributed by atoms with E-state index in [0.717, 1.165) is 19.2 Å². The molecule has 0 bridgehead atoms. The Labute approximate surface area is 101 Å². The summed E-state index contributed by atoms with van der Waals surface area (Å²) in [4.78, 5) is 0. The van der Waals surface area contributed by atoms with Gasteiger partial charge >= 0.3 is 6.18 Å². The molecule has 8 heteroatoms. The van der Waals surface area contributed by atoms with Gasteiger partial charge in [0.1, 0.15) is 5.75 Å². The van der Waals surface area contributed by atoms with Crippen LogP contribution in [0.2, 0.25) is 0 Å². The third-order valence-electron chi connectivity index (χ3n) is 1.93. The fraction of sp³-hybridized carbons (Fsp3) is 0.333. The van der Waals surface area contributed by atoms with Crippen molar-refractivity contribution in [1.82, 2.24) is 0 Å². The van der Waals surface area contributed by atoms with Crippen LogP contribution < -0.4 is 4.74 Å². The molecule has 0 spiro atoms. The van der Waals surface area contributed by atoms with Gasteiger partial charge in [-0.1, -0.05) is 12.1 Å². The van der Waals surface area contributed by atoms with Crippen molar-refractivity contribution < 1.29 is 26.3 Å². The van der Waals surface area contributed by atoms with E-state index in [0.29, 0.717) is 0 Å². The molecule has 0 saturated carbocycles. The summed E-state index contributed by atoms with van der Waals surface area (Å²) in [6.07, 6.45) is -4.61. The van der Waals surface area contributed by atoms with Gasteiger partial charge in [-0.15, -0.1) is 0 Å². The molecular weight excluding hydrogens is 281 g/mol. The van der Waals surface area contributed by atoms with Crippen molar-refractivity contribution in [3.05, 3.63) is 29.3 Å². The molecule has 0 saturated heterocycles. The van der Waals surface area contributed by atoms with E-state index in [1.54, 1.807) is 0 Å². The van der Waals surface area contributed by atoms with Crippen LogP contribution in [-0.2, 0) is 21.0 Å². The number of benzene rings is 1. The van der Waals surface area contributed by atoms with Crippen molar-refractivity contribution in [3.63, 3.8) is 0 Å². The lowest BCUT2D eigenvalue weighted by Crippen LogP contribution is -2.10. The van der Waals surface area contributed by atoms with Crippen LogP contribution in [0.1, 0.15) is 11.1 Å². The number of ether oxygens (including phenoxy) is 1. The molecule has 0 aliphatic rings. The summed E-state index contributed by atoms with van der Waals surface area (Å²) in [5, 5.41) is 0. The highest BCUT2D eigenvalue weighted by Crippen LogP contribution is 2.38. The van der Waals surface area contributed by atoms with Crippen LogP contribution in [0, 0.1) is 0 Å². The quantitative estimate of drug-likeness (QED) is 0.803. The van der Waals surface area contributed by atoms with Crippen LogP contribution in [0.3, 0.4) is 0 Å². The average molecular weight is 289 g/mol. The van der Waals surface area contributed by atoms with Gasteiger partial charge in [-0.3, -0.25) is 0 Å². The van der Waals surface area contributed by atoms with Gasteiger partial charge in [-0.25, -0.2) is 8.42 Å². The third kappa shape index (κ3) is 3.78. The highest BCUT2D eigenvalue weighted by molar-refractivity contribution is 8.13. The SMILES string of the molecule is COc1c(CS(=O)(=O)Cl)cccc1C(F)(F)F. The minimum atomic E-state index is -4.61. The smallest absolute Gasteiger partial charge is 0.419 e. The summed E-state index contributed by atoms with van der Waals surface area (Å²) in [7, 11) is 2.09. The van der Waals surface area contributed by atoms with Gasteiger partial charge in [0.05, 0.1) is 18.4 Å². The van der Waals surface area contributed by atoms with Crippen molar-refractivity contribution in [2.45, 2.75) is 11.9 Å². The van der Waals surface area contributed by atoms with Crippen LogP contribution in [0.15, 0.2) is 18.2 Å². The second-order valence-electron chi connectivity index (χ2n) is 3.18. The largest absolute Gasteiger partial charge is 0.496 e. The fourth-order valence-electron chi connectivity index (χ4n) is 1.35. The zero-order valence-electron chi connectivity index (χ0n) is 8.58. The Balaban J connectivity index is 3.34. The van der Waals surface area contributed by atoms with Crippen molar-refractivity contribution in [2.75, 3.05) is 7.11 Å². The summed E-state index contributed by atoms with van der Waals surface area (Å²) in [6.45, 7) is 0. The Morgan fingerprint density at radius 3 is 2.35 bits per heavy atom. The standard InChI is InChI=1S/C9H8ClF3O3S/c1-16-8-6(5-17(10,14)15)3-2-4-7(8)9(11,12)13/h2-4H,5H2,1H3. The van der Waals surface area contributed by atoms with Gasteiger partial charge in [0.2, 0.25) is 9.05 Å². The van der Waals surface area contributed by atoms with Crippen molar-refractivity contribution >= 4 is 19.7 Å². The van der Waals surface area contributed by atoms with Crippen LogP contribution in [-0.4, -0.2) is 15.5 Å². The summed E-state index contributed by atoms with van der Waals surface area (Å²) in [5.74, 6) is -1.24. The van der Waals surface area contributed by atoms with Crippen molar-refractivity contribution in [3.8, 4) is 5.75 Å². The first-order valence-electron chi connectivity index (χ1n) is 4.30. The molecular formula is C9H8ClF3O3S. The van der Waals surface area contributed by atoms with Crippen LogP contribution in [0.5, 0.6) is 5.75 Å². The van der Waals surface area contributed by atoms with Crippen molar-refractivity contribution in [1.29, 1.82) is 0 Å². The van der Waals surface area contributed by atoms with E-state index in [4.69, 9.17) is 10.7 Å². The lowest BCUT2D eigenvalue weighted by molar-refractivity contribution is -0.138. The van der Waals surface area contributed by atoms with Gasteiger partial charge in [-0.05, 0) is 6.07 Å². The Bertz CT molecular complexity index is 511. The molecule has 17 heavy (non-hydrogen) atoms. The molecule has 0 aliphatic carbocycles. The highest BCUT2D eigenvalue weighted by Gasteiger charge is 2.35. The van der Waals surface area contributed by atoms with Gasteiger partial charge in [0.25, 0.3) is 0 Å². The number of methoxy groups -OCH3 is 1.